The summed E-state index contributed by atoms with van der Waals surface area (Å²) in [7, 11) is 0. The number of nitrogens with zero attached hydrogens (tertiary/aromatic N) is 2. The fourth-order valence-electron chi connectivity index (χ4n) is 4.66. The molecule has 0 aliphatic carbocycles. The molecule has 0 bridgehead atoms. The van der Waals surface area contributed by atoms with Crippen molar-refractivity contribution in [1.82, 2.24) is 20.2 Å². The van der Waals surface area contributed by atoms with E-state index in [2.05, 4.69) is 15.3 Å². The number of nitrogens with one attached hydrogen (secondary N) is 2. The molecule has 2 aromatic rings. The van der Waals surface area contributed by atoms with Crippen molar-refractivity contribution in [2.75, 3.05) is 6.54 Å². The predicted octanol–water partition coefficient (Wildman–Crippen LogP) is 5.13. The molecule has 7 nitrogen and oxygen atoms in total. The number of halogens is 2. The van der Waals surface area contributed by atoms with Gasteiger partial charge in [-0.1, -0.05) is 20.8 Å². The minimum atomic E-state index is -0.923. The van der Waals surface area contributed by atoms with Crippen LogP contribution in [0, 0.1) is 17.6 Å². The molecule has 0 saturated carbocycles. The second kappa shape index (κ2) is 12.9. The van der Waals surface area contributed by atoms with Gasteiger partial charge in [0, 0.05) is 43.0 Å². The van der Waals surface area contributed by atoms with E-state index in [0.29, 0.717) is 30.4 Å². The number of likely N-dealkylation sites (tertiary alicyclic amines) is 1. The fourth-order valence-corrected chi connectivity index (χ4v) is 4.66. The van der Waals surface area contributed by atoms with Gasteiger partial charge in [-0.2, -0.15) is 0 Å². The quantitative estimate of drug-likeness (QED) is 0.433. The van der Waals surface area contributed by atoms with Crippen LogP contribution < -0.4 is 5.32 Å². The summed E-state index contributed by atoms with van der Waals surface area (Å²) in [5.74, 6) is -1.58. The van der Waals surface area contributed by atoms with Gasteiger partial charge in [-0.3, -0.25) is 14.4 Å². The van der Waals surface area contributed by atoms with Crippen LogP contribution in [0.3, 0.4) is 0 Å². The molecule has 2 heterocycles. The van der Waals surface area contributed by atoms with Gasteiger partial charge in [-0.05, 0) is 50.7 Å². The Morgan fingerprint density at radius 1 is 1.16 bits per heavy atom. The van der Waals surface area contributed by atoms with E-state index in [1.807, 2.05) is 25.7 Å². The normalized spacial score (nSPS) is 17.5. The molecule has 1 fully saturated rings. The molecule has 0 radical (unpaired) electrons. The van der Waals surface area contributed by atoms with Crippen molar-refractivity contribution in [2.24, 2.45) is 5.92 Å². The number of benzene rings is 1. The van der Waals surface area contributed by atoms with Crippen molar-refractivity contribution in [1.29, 1.82) is 0 Å². The third-order valence-corrected chi connectivity index (χ3v) is 6.97. The number of Topliss-reactive ketones (excluding diaryl/α,β-unsaturated/α-hetero) is 1. The fraction of sp³-hybridized carbons (Fsp3) is 0.571. The molecule has 3 atom stereocenters. The average molecular weight is 517 g/mol. The van der Waals surface area contributed by atoms with Gasteiger partial charge in [0.15, 0.2) is 5.78 Å². The molecule has 1 saturated heterocycles. The van der Waals surface area contributed by atoms with Gasteiger partial charge in [-0.15, -0.1) is 0 Å². The highest BCUT2D eigenvalue weighted by molar-refractivity contribution is 5.93. The van der Waals surface area contributed by atoms with E-state index in [0.717, 1.165) is 25.3 Å². The van der Waals surface area contributed by atoms with E-state index in [4.69, 9.17) is 0 Å². The molecule has 0 spiro atoms. The Hall–Kier alpha value is -3.10. The Morgan fingerprint density at radius 2 is 1.92 bits per heavy atom. The highest BCUT2D eigenvalue weighted by atomic mass is 19.1. The summed E-state index contributed by atoms with van der Waals surface area (Å²) in [5.41, 5.74) is 0.551. The number of carbonyl (C=O) groups excluding carboxylic acids is 3. The van der Waals surface area contributed by atoms with Gasteiger partial charge in [0.25, 0.3) is 0 Å². The summed E-state index contributed by atoms with van der Waals surface area (Å²) in [5, 5.41) is 2.81. The lowest BCUT2D eigenvalue weighted by Gasteiger charge is -2.34. The summed E-state index contributed by atoms with van der Waals surface area (Å²) >= 11 is 0. The molecule has 2 N–H and O–H groups in total. The van der Waals surface area contributed by atoms with Crippen molar-refractivity contribution in [2.45, 2.75) is 90.6 Å². The standard InChI is InChI=1S/C28H38F2N4O3/c1-17(2)8-11-26(36)32-23(15-27(37)34-12-6-5-7-19(34)4)25(35)13-18(3)28-31-16-24(33-28)21-10-9-20(29)14-22(21)30/h9-10,14,16-19,23H,5-8,11-13,15H2,1-4H3,(H,31,33)(H,32,36)/t18-,19+,23+/m1/s1. The van der Waals surface area contributed by atoms with Gasteiger partial charge in [-0.25, -0.2) is 13.8 Å². The zero-order chi connectivity index (χ0) is 27.1. The zero-order valence-corrected chi connectivity index (χ0v) is 22.2. The van der Waals surface area contributed by atoms with E-state index >= 15 is 0 Å². The molecule has 1 aliphatic rings. The van der Waals surface area contributed by atoms with Crippen molar-refractivity contribution < 1.29 is 23.2 Å². The molecule has 9 heteroatoms. The van der Waals surface area contributed by atoms with Crippen LogP contribution in [0.15, 0.2) is 24.4 Å². The van der Waals surface area contributed by atoms with Crippen molar-refractivity contribution in [3.63, 3.8) is 0 Å². The molecule has 1 aromatic heterocycles. The van der Waals surface area contributed by atoms with Gasteiger partial charge >= 0.3 is 0 Å². The first-order valence-corrected chi connectivity index (χ1v) is 13.2. The van der Waals surface area contributed by atoms with Crippen LogP contribution in [0.5, 0.6) is 0 Å². The van der Waals surface area contributed by atoms with Crippen LogP contribution >= 0.6 is 0 Å². The number of hydrogen-bond donors (Lipinski definition) is 2. The van der Waals surface area contributed by atoms with E-state index in [1.54, 1.807) is 6.92 Å². The van der Waals surface area contributed by atoms with Gasteiger partial charge in [0.2, 0.25) is 11.8 Å². The maximum Gasteiger partial charge on any atom is 0.225 e. The first-order valence-electron chi connectivity index (χ1n) is 13.2. The molecule has 1 aliphatic heterocycles. The highest BCUT2D eigenvalue weighted by Gasteiger charge is 2.30. The van der Waals surface area contributed by atoms with Crippen molar-refractivity contribution in [3.8, 4) is 11.3 Å². The lowest BCUT2D eigenvalue weighted by molar-refractivity contribution is -0.138. The van der Waals surface area contributed by atoms with E-state index in [9.17, 15) is 23.2 Å². The summed E-state index contributed by atoms with van der Waals surface area (Å²) < 4.78 is 27.4. The van der Waals surface area contributed by atoms with Crippen LogP contribution in [-0.4, -0.2) is 51.1 Å². The zero-order valence-electron chi connectivity index (χ0n) is 22.2. The minimum absolute atomic E-state index is 0.0385. The lowest BCUT2D eigenvalue weighted by atomic mass is 9.96. The van der Waals surface area contributed by atoms with Crippen LogP contribution in [0.2, 0.25) is 0 Å². The largest absolute Gasteiger partial charge is 0.346 e. The number of carbonyl (C=O) groups is 3. The molecule has 2 amide bonds. The number of aromatic amines is 1. The van der Waals surface area contributed by atoms with Gasteiger partial charge in [0.1, 0.15) is 17.5 Å². The third-order valence-electron chi connectivity index (χ3n) is 6.97. The average Bonchev–Trinajstić information content (AvgIpc) is 3.32. The monoisotopic (exact) mass is 516 g/mol. The van der Waals surface area contributed by atoms with Crippen LogP contribution in [0.25, 0.3) is 11.3 Å². The predicted molar refractivity (Wildman–Crippen MR) is 138 cm³/mol. The molecule has 3 rings (SSSR count). The number of rotatable bonds is 11. The number of aromatic nitrogens is 2. The molecular weight excluding hydrogens is 478 g/mol. The van der Waals surface area contributed by atoms with E-state index in [1.165, 1.54) is 18.3 Å². The van der Waals surface area contributed by atoms with Crippen LogP contribution in [-0.2, 0) is 14.4 Å². The Morgan fingerprint density at radius 3 is 2.59 bits per heavy atom. The molecule has 1 aromatic carbocycles. The summed E-state index contributed by atoms with van der Waals surface area (Å²) in [6, 6.07) is 2.48. The van der Waals surface area contributed by atoms with Crippen molar-refractivity contribution in [3.05, 3.63) is 41.9 Å². The Bertz CT molecular complexity index is 1100. The number of H-pyrrole nitrogens is 1. The molecular formula is C28H38F2N4O3. The maximum atomic E-state index is 14.2. The summed E-state index contributed by atoms with van der Waals surface area (Å²) in [6.07, 6.45) is 5.32. The van der Waals surface area contributed by atoms with Crippen LogP contribution in [0.1, 0.15) is 84.4 Å². The summed E-state index contributed by atoms with van der Waals surface area (Å²) in [4.78, 5) is 48.1. The third kappa shape index (κ3) is 7.94. The number of amides is 2. The first-order chi connectivity index (χ1) is 17.5. The highest BCUT2D eigenvalue weighted by Crippen LogP contribution is 2.26. The number of ketones is 1. The summed E-state index contributed by atoms with van der Waals surface area (Å²) in [6.45, 7) is 8.51. The molecule has 37 heavy (non-hydrogen) atoms. The molecule has 202 valence electrons. The Balaban J connectivity index is 1.70. The van der Waals surface area contributed by atoms with Gasteiger partial charge in [0.05, 0.1) is 24.4 Å². The Kier molecular flexibility index (Phi) is 9.94. The smallest absolute Gasteiger partial charge is 0.225 e. The minimum Gasteiger partial charge on any atom is -0.346 e. The number of imidazole rings is 1. The second-order valence-corrected chi connectivity index (χ2v) is 10.6. The van der Waals surface area contributed by atoms with Crippen molar-refractivity contribution >= 4 is 17.6 Å². The number of hydrogen-bond acceptors (Lipinski definition) is 4. The number of piperidine rings is 1. The Labute approximate surface area is 217 Å². The topological polar surface area (TPSA) is 95.2 Å². The lowest BCUT2D eigenvalue weighted by Crippen LogP contribution is -2.48. The van der Waals surface area contributed by atoms with Crippen LogP contribution in [0.4, 0.5) is 8.78 Å². The van der Waals surface area contributed by atoms with Gasteiger partial charge < -0.3 is 15.2 Å². The second-order valence-electron chi connectivity index (χ2n) is 10.6. The maximum absolute atomic E-state index is 14.2. The molecule has 0 unspecified atom stereocenters. The van der Waals surface area contributed by atoms with E-state index < -0.39 is 17.7 Å². The first kappa shape index (κ1) is 28.5. The van der Waals surface area contributed by atoms with E-state index in [-0.39, 0.29) is 54.4 Å². The SMILES string of the molecule is CC(C)CCC(=O)N[C@@H](CC(=O)N1CCCC[C@@H]1C)C(=O)C[C@@H](C)c1ncc(-c2ccc(F)cc2F)[nH]1.